The van der Waals surface area contributed by atoms with E-state index in [1.807, 2.05) is 36.3 Å². The first-order chi connectivity index (χ1) is 15.5. The van der Waals surface area contributed by atoms with Crippen molar-refractivity contribution in [1.29, 1.82) is 0 Å². The van der Waals surface area contributed by atoms with Crippen LogP contribution in [0.15, 0.2) is 12.1 Å². The topological polar surface area (TPSA) is 59.7 Å². The maximum atomic E-state index is 13.8. The second kappa shape index (κ2) is 8.72. The van der Waals surface area contributed by atoms with Gasteiger partial charge in [0.1, 0.15) is 5.60 Å². The van der Waals surface area contributed by atoms with Gasteiger partial charge < -0.3 is 9.64 Å². The summed E-state index contributed by atoms with van der Waals surface area (Å²) in [7, 11) is 0. The first-order valence-corrected chi connectivity index (χ1v) is 12.3. The summed E-state index contributed by atoms with van der Waals surface area (Å²) in [6, 6.07) is 4.19. The maximum Gasteiger partial charge on any atom is 0.410 e. The van der Waals surface area contributed by atoms with E-state index in [1.54, 1.807) is 0 Å². The average molecular weight is 481 g/mol. The number of carbonyl (C=O) groups is 1. The van der Waals surface area contributed by atoms with E-state index in [9.17, 15) is 13.6 Å². The number of amides is 1. The van der Waals surface area contributed by atoms with Crippen molar-refractivity contribution >= 4 is 11.7 Å². The first-order valence-electron chi connectivity index (χ1n) is 12.3. The number of alkyl halides is 2. The van der Waals surface area contributed by atoms with Crippen LogP contribution in [0.1, 0.15) is 94.6 Å². The molecule has 1 aliphatic carbocycles. The van der Waals surface area contributed by atoms with Gasteiger partial charge in [-0.2, -0.15) is 5.10 Å². The molecule has 0 N–H and O–H groups in total. The third-order valence-electron chi connectivity index (χ3n) is 7.92. The minimum absolute atomic E-state index is 0. The molecule has 2 aromatic rings. The number of carbonyl (C=O) groups excluding carboxylic acids is 1. The maximum absolute atomic E-state index is 13.8. The lowest BCUT2D eigenvalue weighted by atomic mass is 9.78. The average Bonchev–Trinajstić information content (AvgIpc) is 3.15. The number of hydrogen-bond donors (Lipinski definition) is 0. The zero-order valence-corrected chi connectivity index (χ0v) is 20.4. The monoisotopic (exact) mass is 480 g/mol. The van der Waals surface area contributed by atoms with Gasteiger partial charge in [-0.05, 0) is 72.3 Å². The van der Waals surface area contributed by atoms with Crippen molar-refractivity contribution in [2.75, 3.05) is 6.54 Å². The number of piperidine rings is 1. The van der Waals surface area contributed by atoms with Crippen molar-refractivity contribution in [3.63, 3.8) is 0 Å². The quantitative estimate of drug-likeness (QED) is 0.542. The number of nitrogens with zero attached hydrogens (tertiary/aromatic N) is 4. The second-order valence-corrected chi connectivity index (χ2v) is 11.0. The van der Waals surface area contributed by atoms with E-state index in [0.29, 0.717) is 12.8 Å². The Morgan fingerprint density at radius 2 is 1.85 bits per heavy atom. The molecule has 4 heterocycles. The van der Waals surface area contributed by atoms with Gasteiger partial charge in [-0.3, -0.25) is 4.70 Å². The predicted molar refractivity (Wildman–Crippen MR) is 123 cm³/mol. The van der Waals surface area contributed by atoms with Crippen molar-refractivity contribution < 1.29 is 23.0 Å². The molecule has 0 radical (unpaired) electrons. The summed E-state index contributed by atoms with van der Waals surface area (Å²) >= 11 is 0. The van der Waals surface area contributed by atoms with Gasteiger partial charge >= 0.3 is 6.09 Å². The normalized spacial score (nSPS) is 29.4. The molecule has 1 amide bonds. The van der Waals surface area contributed by atoms with E-state index < -0.39 is 17.4 Å². The molecule has 6 nitrogen and oxygen atoms in total. The second-order valence-electron chi connectivity index (χ2n) is 11.0. The fourth-order valence-electron chi connectivity index (χ4n) is 6.23. The fraction of sp³-hybridized carbons (Fsp3) is 0.720. The molecule has 5 rings (SSSR count). The predicted octanol–water partition coefficient (Wildman–Crippen LogP) is 5.99. The summed E-state index contributed by atoms with van der Waals surface area (Å²) in [6.45, 7) is 7.70. The van der Waals surface area contributed by atoms with Crippen molar-refractivity contribution in [2.45, 2.75) is 102 Å². The zero-order valence-electron chi connectivity index (χ0n) is 20.4. The van der Waals surface area contributed by atoms with E-state index in [2.05, 4.69) is 6.07 Å². The fourth-order valence-corrected chi connectivity index (χ4v) is 6.23. The SMILES string of the molecule is Cc1cc([C@@H]2CCCN3C(=O)OC(C)(C)C[C@H]23)n2nc(C3CCC(C(C)(F)F)CC3)cc2n1.F. The highest BCUT2D eigenvalue weighted by Crippen LogP contribution is 2.43. The number of fused-ring (bicyclic) bond motifs is 2. The van der Waals surface area contributed by atoms with Crippen LogP contribution in [-0.2, 0) is 4.74 Å². The number of rotatable bonds is 3. The molecular formula is C25H35F3N4O2. The Morgan fingerprint density at radius 3 is 2.53 bits per heavy atom. The molecule has 0 unspecified atom stereocenters. The number of halogens is 3. The Labute approximate surface area is 198 Å². The van der Waals surface area contributed by atoms with Crippen LogP contribution in [0.4, 0.5) is 18.3 Å². The molecule has 34 heavy (non-hydrogen) atoms. The number of aryl methyl sites for hydroxylation is 1. The minimum Gasteiger partial charge on any atom is -0.443 e. The van der Waals surface area contributed by atoms with Gasteiger partial charge in [0.2, 0.25) is 5.92 Å². The van der Waals surface area contributed by atoms with Crippen molar-refractivity contribution in [2.24, 2.45) is 5.92 Å². The number of aromatic nitrogens is 3. The molecule has 2 aromatic heterocycles. The van der Waals surface area contributed by atoms with E-state index in [1.165, 1.54) is 0 Å². The summed E-state index contributed by atoms with van der Waals surface area (Å²) in [4.78, 5) is 19.3. The highest BCUT2D eigenvalue weighted by atomic mass is 19.3. The molecule has 3 aliphatic rings. The molecule has 2 aliphatic heterocycles. The number of ether oxygens (including phenoxy) is 1. The van der Waals surface area contributed by atoms with Gasteiger partial charge in [0.05, 0.1) is 11.4 Å². The van der Waals surface area contributed by atoms with Crippen LogP contribution >= 0.6 is 0 Å². The number of cyclic esters (lactones) is 1. The van der Waals surface area contributed by atoms with Crippen molar-refractivity contribution in [1.82, 2.24) is 19.5 Å². The van der Waals surface area contributed by atoms with Gasteiger partial charge in [-0.25, -0.2) is 23.1 Å². The third kappa shape index (κ3) is 4.50. The van der Waals surface area contributed by atoms with Crippen LogP contribution < -0.4 is 0 Å². The lowest BCUT2D eigenvalue weighted by Gasteiger charge is -2.48. The Kier molecular flexibility index (Phi) is 6.36. The van der Waals surface area contributed by atoms with Crippen LogP contribution in [0.2, 0.25) is 0 Å². The van der Waals surface area contributed by atoms with E-state index in [4.69, 9.17) is 14.8 Å². The van der Waals surface area contributed by atoms with Crippen molar-refractivity contribution in [3.05, 3.63) is 29.2 Å². The Balaban J connectivity index is 0.00000274. The van der Waals surface area contributed by atoms with Crippen molar-refractivity contribution in [3.8, 4) is 0 Å². The summed E-state index contributed by atoms with van der Waals surface area (Å²) in [6.07, 6.45) is 4.95. The Bertz CT molecular complexity index is 1060. The third-order valence-corrected chi connectivity index (χ3v) is 7.92. The Hall–Kier alpha value is -2.32. The van der Waals surface area contributed by atoms with Gasteiger partial charge in [0.25, 0.3) is 0 Å². The standard InChI is InChI=1S/C25H34F2N4O2.FH/c1-15-12-20(18-6-5-11-30-21(18)14-24(2,3)33-23(30)32)31-22(28-15)13-19(29-31)16-7-9-17(10-8-16)25(4,26)27;/h12-13,16-18,21H,5-11,14H2,1-4H3;1H/t16?,17?,18-,21+;/m0./s1. The van der Waals surface area contributed by atoms with Gasteiger partial charge in [-0.15, -0.1) is 0 Å². The van der Waals surface area contributed by atoms with Crippen LogP contribution in [0.3, 0.4) is 0 Å². The molecule has 0 aromatic carbocycles. The first kappa shape index (κ1) is 24.8. The molecule has 3 fully saturated rings. The molecule has 2 atom stereocenters. The van der Waals surface area contributed by atoms with Gasteiger partial charge in [0.15, 0.2) is 5.65 Å². The zero-order chi connectivity index (χ0) is 23.5. The molecule has 9 heteroatoms. The van der Waals surface area contributed by atoms with Crippen LogP contribution in [0.5, 0.6) is 0 Å². The molecule has 2 saturated heterocycles. The molecule has 188 valence electrons. The molecule has 0 bridgehead atoms. The molecule has 0 spiro atoms. The van der Waals surface area contributed by atoms with E-state index in [-0.39, 0.29) is 28.7 Å². The van der Waals surface area contributed by atoms with E-state index >= 15 is 0 Å². The smallest absolute Gasteiger partial charge is 0.410 e. The minimum atomic E-state index is -2.61. The Morgan fingerprint density at radius 1 is 1.15 bits per heavy atom. The lowest BCUT2D eigenvalue weighted by molar-refractivity contribution is -0.0632. The van der Waals surface area contributed by atoms with Gasteiger partial charge in [-0.1, -0.05) is 0 Å². The lowest BCUT2D eigenvalue weighted by Crippen LogP contribution is -2.57. The largest absolute Gasteiger partial charge is 0.443 e. The van der Waals surface area contributed by atoms with Crippen LogP contribution in [0, 0.1) is 12.8 Å². The number of hydrogen-bond acceptors (Lipinski definition) is 4. The summed E-state index contributed by atoms with van der Waals surface area (Å²) in [5.74, 6) is -2.82. The van der Waals surface area contributed by atoms with Crippen LogP contribution in [-0.4, -0.2) is 49.7 Å². The van der Waals surface area contributed by atoms with E-state index in [0.717, 1.165) is 68.3 Å². The summed E-state index contributed by atoms with van der Waals surface area (Å²) < 4.78 is 35.1. The van der Waals surface area contributed by atoms with Gasteiger partial charge in [0, 0.05) is 48.5 Å². The molecule has 1 saturated carbocycles. The summed E-state index contributed by atoms with van der Waals surface area (Å²) in [5.41, 5.74) is 3.26. The highest BCUT2D eigenvalue weighted by molar-refractivity contribution is 5.70. The summed E-state index contributed by atoms with van der Waals surface area (Å²) in [5, 5.41) is 4.96. The molecular weight excluding hydrogens is 445 g/mol. The van der Waals surface area contributed by atoms with Crippen LogP contribution in [0.25, 0.3) is 5.65 Å². The highest BCUT2D eigenvalue weighted by Gasteiger charge is 2.46.